The SMILES string of the molecule is CCCc1cc(Cl)ccc1C1COc2ccc(C=O)cc2N(CC2CCC2C(/C=C/C(C)C)OC)C1.CCS(=O)NC.CN1CCN(C2COC2)CC1. The third-order valence-corrected chi connectivity index (χ3v) is 12.1. The molecule has 3 aliphatic heterocycles. The number of fused-ring (bicyclic) bond motifs is 1. The highest BCUT2D eigenvalue weighted by Gasteiger charge is 2.38. The molecule has 2 aromatic rings. The minimum absolute atomic E-state index is 0.137. The Balaban J connectivity index is 0.000000301. The number of aldehydes is 1. The van der Waals surface area contributed by atoms with Crippen molar-refractivity contribution in [3.8, 4) is 5.75 Å². The second-order valence-corrected chi connectivity index (χ2v) is 17.2. The summed E-state index contributed by atoms with van der Waals surface area (Å²) in [5, 5.41) is 0.782. The number of nitrogens with one attached hydrogen (secondary N) is 1. The van der Waals surface area contributed by atoms with Gasteiger partial charge in [0.05, 0.1) is 48.6 Å². The lowest BCUT2D eigenvalue weighted by atomic mass is 9.70. The Morgan fingerprint density at radius 1 is 1.04 bits per heavy atom. The van der Waals surface area contributed by atoms with Gasteiger partial charge in [0.25, 0.3) is 0 Å². The molecule has 5 unspecified atom stereocenters. The van der Waals surface area contributed by atoms with Gasteiger partial charge in [0.2, 0.25) is 0 Å². The number of rotatable bonds is 13. The molecule has 1 N–H and O–H groups in total. The van der Waals surface area contributed by atoms with Crippen LogP contribution < -0.4 is 14.4 Å². The van der Waals surface area contributed by atoms with Gasteiger partial charge in [-0.25, -0.2) is 8.93 Å². The summed E-state index contributed by atoms with van der Waals surface area (Å²) in [7, 11) is 4.91. The Bertz CT molecular complexity index is 1460. The van der Waals surface area contributed by atoms with Crippen LogP contribution in [0.3, 0.4) is 0 Å². The molecule has 5 atom stereocenters. The van der Waals surface area contributed by atoms with E-state index in [9.17, 15) is 9.00 Å². The number of hydrogen-bond acceptors (Lipinski definition) is 8. The van der Waals surface area contributed by atoms with Crippen LogP contribution in [0.4, 0.5) is 5.69 Å². The number of anilines is 1. The quantitative estimate of drug-likeness (QED) is 0.175. The molecule has 0 radical (unpaired) electrons. The smallest absolute Gasteiger partial charge is 0.150 e. The molecule has 53 heavy (non-hydrogen) atoms. The Kier molecular flexibility index (Phi) is 18.3. The van der Waals surface area contributed by atoms with Gasteiger partial charge < -0.3 is 24.0 Å². The van der Waals surface area contributed by atoms with E-state index in [1.165, 1.54) is 50.1 Å². The fourth-order valence-electron chi connectivity index (χ4n) is 7.43. The Morgan fingerprint density at radius 3 is 2.34 bits per heavy atom. The number of hydrogen-bond donors (Lipinski definition) is 1. The molecule has 3 fully saturated rings. The predicted molar refractivity (Wildman–Crippen MR) is 220 cm³/mol. The number of nitrogens with zero attached hydrogens (tertiary/aromatic N) is 3. The number of likely N-dealkylation sites (N-methyl/N-ethyl adjacent to an activating group) is 1. The van der Waals surface area contributed by atoms with Crippen LogP contribution in [-0.4, -0.2) is 118 Å². The molecule has 11 heteroatoms. The van der Waals surface area contributed by atoms with Crippen LogP contribution in [0.15, 0.2) is 48.6 Å². The summed E-state index contributed by atoms with van der Waals surface area (Å²) < 4.78 is 30.2. The Labute approximate surface area is 327 Å². The van der Waals surface area contributed by atoms with E-state index in [2.05, 4.69) is 71.5 Å². The molecular formula is C42H65ClN4O5S. The van der Waals surface area contributed by atoms with Gasteiger partial charge in [-0.05, 0) is 92.6 Å². The van der Waals surface area contributed by atoms with Crippen LogP contribution in [0.2, 0.25) is 5.02 Å². The van der Waals surface area contributed by atoms with E-state index in [-0.39, 0.29) is 12.0 Å². The van der Waals surface area contributed by atoms with Gasteiger partial charge in [0.15, 0.2) is 0 Å². The number of piperazine rings is 1. The second kappa shape index (κ2) is 22.3. The predicted octanol–water partition coefficient (Wildman–Crippen LogP) is 6.86. The van der Waals surface area contributed by atoms with E-state index in [4.69, 9.17) is 25.8 Å². The lowest BCUT2D eigenvalue weighted by molar-refractivity contribution is -0.0752. The maximum Gasteiger partial charge on any atom is 0.150 e. The van der Waals surface area contributed by atoms with Gasteiger partial charge in [0, 0.05) is 68.6 Å². The first kappa shape index (κ1) is 43.4. The van der Waals surface area contributed by atoms with E-state index in [1.807, 2.05) is 38.3 Å². The lowest BCUT2D eigenvalue weighted by Crippen LogP contribution is -2.55. The maximum absolute atomic E-state index is 11.6. The van der Waals surface area contributed by atoms with Crippen molar-refractivity contribution in [3.05, 3.63) is 70.3 Å². The first-order valence-electron chi connectivity index (χ1n) is 19.6. The number of aryl methyl sites for hydroxylation is 1. The molecule has 2 aromatic carbocycles. The van der Waals surface area contributed by atoms with Gasteiger partial charge >= 0.3 is 0 Å². The van der Waals surface area contributed by atoms with E-state index < -0.39 is 11.0 Å². The molecular weight excluding hydrogens is 708 g/mol. The van der Waals surface area contributed by atoms with Gasteiger partial charge in [-0.2, -0.15) is 0 Å². The zero-order valence-electron chi connectivity index (χ0n) is 33.2. The zero-order chi connectivity index (χ0) is 38.3. The average molecular weight is 774 g/mol. The number of allylic oxidation sites excluding steroid dienone is 1. The summed E-state index contributed by atoms with van der Waals surface area (Å²) in [6, 6.07) is 12.8. The highest BCUT2D eigenvalue weighted by atomic mass is 35.5. The summed E-state index contributed by atoms with van der Waals surface area (Å²) in [4.78, 5) is 19.0. The van der Waals surface area contributed by atoms with Crippen LogP contribution in [0.1, 0.15) is 74.4 Å². The van der Waals surface area contributed by atoms with Crippen LogP contribution in [0.25, 0.3) is 0 Å². The van der Waals surface area contributed by atoms with Crippen LogP contribution in [0.5, 0.6) is 5.75 Å². The van der Waals surface area contributed by atoms with Crippen molar-refractivity contribution in [2.45, 2.75) is 71.4 Å². The van der Waals surface area contributed by atoms with Crippen molar-refractivity contribution in [1.82, 2.24) is 14.5 Å². The van der Waals surface area contributed by atoms with Crippen molar-refractivity contribution < 1.29 is 23.2 Å². The number of carbonyl (C=O) groups excluding carboxylic acids is 1. The molecule has 6 rings (SSSR count). The van der Waals surface area contributed by atoms with E-state index in [1.54, 1.807) is 7.05 Å². The number of ether oxygens (including phenoxy) is 3. The summed E-state index contributed by atoms with van der Waals surface area (Å²) >= 11 is 6.37. The Hall–Kier alpha value is -2.31. The normalized spacial score (nSPS) is 23.3. The van der Waals surface area contributed by atoms with Crippen LogP contribution >= 0.6 is 11.6 Å². The van der Waals surface area contributed by atoms with E-state index in [0.29, 0.717) is 35.7 Å². The highest BCUT2D eigenvalue weighted by molar-refractivity contribution is 7.82. The summed E-state index contributed by atoms with van der Waals surface area (Å²) in [6.07, 6.45) is 9.99. The van der Waals surface area contributed by atoms with Crippen molar-refractivity contribution in [1.29, 1.82) is 0 Å². The fourth-order valence-corrected chi connectivity index (χ4v) is 7.92. The monoisotopic (exact) mass is 772 g/mol. The lowest BCUT2D eigenvalue weighted by Gasteiger charge is -2.43. The molecule has 0 aromatic heterocycles. The third-order valence-electron chi connectivity index (χ3n) is 10.9. The molecule has 9 nitrogen and oxygen atoms in total. The Morgan fingerprint density at radius 2 is 1.79 bits per heavy atom. The molecule has 1 saturated carbocycles. The fraction of sp³-hybridized carbons (Fsp3) is 0.643. The molecule has 1 aliphatic carbocycles. The van der Waals surface area contributed by atoms with Crippen LogP contribution in [0, 0.1) is 17.8 Å². The standard InChI is InChI=1S/C31H40ClNO3.C8H16N2O.C3H9NOS/c1-5-6-23-16-26(32)10-12-27(23)25-18-33(29-15-22(19-34)8-14-31(29)36-20-25)17-24-9-11-28(24)30(35-4)13-7-21(2)3;1-9-2-4-10(5-3-9)8-6-11-7-8;1-3-6(5)4-2/h7-8,10,12-16,19,21,24-25,28,30H,5-6,9,11,17-18,20H2,1-4H3;8H,2-7H2,1H3;4H,3H2,1-2H3/b13-7+;;. The molecule has 0 spiro atoms. The first-order chi connectivity index (χ1) is 25.6. The maximum atomic E-state index is 11.6. The molecule has 4 aliphatic rings. The van der Waals surface area contributed by atoms with Gasteiger partial charge in [-0.1, -0.05) is 63.9 Å². The van der Waals surface area contributed by atoms with E-state index in [0.717, 1.165) is 67.9 Å². The van der Waals surface area contributed by atoms with Crippen LogP contribution in [-0.2, 0) is 26.9 Å². The minimum atomic E-state index is -0.784. The molecule has 0 amide bonds. The molecule has 296 valence electrons. The number of benzene rings is 2. The molecule has 0 bridgehead atoms. The van der Waals surface area contributed by atoms with Gasteiger partial charge in [-0.15, -0.1) is 0 Å². The van der Waals surface area contributed by atoms with E-state index >= 15 is 0 Å². The van der Waals surface area contributed by atoms with Gasteiger partial charge in [0.1, 0.15) is 12.0 Å². The third kappa shape index (κ3) is 12.9. The van der Waals surface area contributed by atoms with Crippen molar-refractivity contribution in [2.24, 2.45) is 17.8 Å². The number of methoxy groups -OCH3 is 1. The second-order valence-electron chi connectivity index (χ2n) is 15.1. The topological polar surface area (TPSA) is 83.6 Å². The molecule has 2 saturated heterocycles. The van der Waals surface area contributed by atoms with Crippen molar-refractivity contribution in [2.75, 3.05) is 90.9 Å². The summed E-state index contributed by atoms with van der Waals surface area (Å²) in [5.41, 5.74) is 4.32. The molecule has 3 heterocycles. The summed E-state index contributed by atoms with van der Waals surface area (Å²) in [6.45, 7) is 17.7. The van der Waals surface area contributed by atoms with Crippen molar-refractivity contribution in [3.63, 3.8) is 0 Å². The number of halogens is 1. The van der Waals surface area contributed by atoms with Crippen molar-refractivity contribution >= 4 is 34.6 Å². The van der Waals surface area contributed by atoms with Gasteiger partial charge in [-0.3, -0.25) is 9.69 Å². The summed E-state index contributed by atoms with van der Waals surface area (Å²) in [5.74, 6) is 3.29. The first-order valence-corrected chi connectivity index (χ1v) is 21.3. The largest absolute Gasteiger partial charge is 0.491 e. The number of carbonyl (C=O) groups is 1. The zero-order valence-corrected chi connectivity index (χ0v) is 34.8. The minimum Gasteiger partial charge on any atom is -0.491 e. The average Bonchev–Trinajstić information content (AvgIpc) is 3.31. The highest BCUT2D eigenvalue weighted by Crippen LogP contribution is 2.43.